The lowest BCUT2D eigenvalue weighted by molar-refractivity contribution is 0.0932. The van der Waals surface area contributed by atoms with E-state index in [1.54, 1.807) is 0 Å². The monoisotopic (exact) mass is 300 g/mol. The van der Waals surface area contributed by atoms with Crippen molar-refractivity contribution in [2.45, 2.75) is 71.0 Å². The number of anilines is 1. The largest absolute Gasteiger partial charge is 0.382 e. The molecule has 0 bridgehead atoms. The van der Waals surface area contributed by atoms with Crippen LogP contribution in [0.25, 0.3) is 0 Å². The smallest absolute Gasteiger partial charge is 0.179 e. The third kappa shape index (κ3) is 3.19. The summed E-state index contributed by atoms with van der Waals surface area (Å²) >= 11 is 0. The van der Waals surface area contributed by atoms with E-state index in [4.69, 9.17) is 0 Å². The Morgan fingerprint density at radius 3 is 2.82 bits per heavy atom. The van der Waals surface area contributed by atoms with Gasteiger partial charge in [0.05, 0.1) is 6.04 Å². The molecule has 1 aliphatic heterocycles. The molecule has 3 heteroatoms. The van der Waals surface area contributed by atoms with E-state index in [0.29, 0.717) is 18.0 Å². The zero-order chi connectivity index (χ0) is 15.7. The minimum absolute atomic E-state index is 0.101. The molecule has 4 atom stereocenters. The Morgan fingerprint density at radius 1 is 1.27 bits per heavy atom. The van der Waals surface area contributed by atoms with Crippen LogP contribution in [0.3, 0.4) is 0 Å². The molecule has 0 spiro atoms. The van der Waals surface area contributed by atoms with Crippen LogP contribution in [0, 0.1) is 5.92 Å². The van der Waals surface area contributed by atoms with Crippen molar-refractivity contribution in [1.82, 2.24) is 5.32 Å². The molecule has 1 aromatic rings. The molecule has 3 rings (SSSR count). The Labute approximate surface area is 133 Å². The SMILES string of the molecule is CC1Cc2cc(C(=O)C(C)NC3CCCCC3C)ccc2N1. The lowest BCUT2D eigenvalue weighted by atomic mass is 9.85. The molecule has 2 N–H and O–H groups in total. The van der Waals surface area contributed by atoms with Crippen LogP contribution >= 0.6 is 0 Å². The number of carbonyl (C=O) groups excluding carboxylic acids is 1. The van der Waals surface area contributed by atoms with Crippen molar-refractivity contribution in [3.63, 3.8) is 0 Å². The molecule has 1 fully saturated rings. The van der Waals surface area contributed by atoms with Crippen LogP contribution in [-0.2, 0) is 6.42 Å². The predicted octanol–water partition coefficient (Wildman–Crippen LogP) is 3.78. The van der Waals surface area contributed by atoms with Crippen LogP contribution in [0.4, 0.5) is 5.69 Å². The molecule has 0 saturated heterocycles. The van der Waals surface area contributed by atoms with Gasteiger partial charge in [-0.25, -0.2) is 0 Å². The number of Topliss-reactive ketones (excluding diaryl/α,β-unsaturated/α-hetero) is 1. The lowest BCUT2D eigenvalue weighted by Gasteiger charge is -2.31. The van der Waals surface area contributed by atoms with Crippen LogP contribution in [0.1, 0.15) is 62.4 Å². The molecular formula is C19H28N2O. The average molecular weight is 300 g/mol. The van der Waals surface area contributed by atoms with Crippen molar-refractivity contribution >= 4 is 11.5 Å². The summed E-state index contributed by atoms with van der Waals surface area (Å²) in [6.45, 7) is 6.49. The summed E-state index contributed by atoms with van der Waals surface area (Å²) in [6, 6.07) is 6.96. The summed E-state index contributed by atoms with van der Waals surface area (Å²) in [7, 11) is 0. The fraction of sp³-hybridized carbons (Fsp3) is 0.632. The van der Waals surface area contributed by atoms with E-state index in [2.05, 4.69) is 36.6 Å². The second-order valence-corrected chi connectivity index (χ2v) is 7.24. The number of hydrogen-bond acceptors (Lipinski definition) is 3. The van der Waals surface area contributed by atoms with Crippen LogP contribution in [0.15, 0.2) is 18.2 Å². The maximum atomic E-state index is 12.7. The van der Waals surface area contributed by atoms with E-state index in [-0.39, 0.29) is 11.8 Å². The molecule has 1 aromatic carbocycles. The van der Waals surface area contributed by atoms with E-state index in [1.165, 1.54) is 36.9 Å². The van der Waals surface area contributed by atoms with Gasteiger partial charge in [0.1, 0.15) is 0 Å². The number of ketones is 1. The molecule has 0 radical (unpaired) electrons. The molecule has 0 amide bonds. The fourth-order valence-electron chi connectivity index (χ4n) is 3.91. The Hall–Kier alpha value is -1.35. The highest BCUT2D eigenvalue weighted by atomic mass is 16.1. The van der Waals surface area contributed by atoms with Crippen LogP contribution in [0.5, 0.6) is 0 Å². The minimum Gasteiger partial charge on any atom is -0.382 e. The standard InChI is InChI=1S/C19H28N2O/c1-12-6-4-5-7-17(12)21-14(3)19(22)15-8-9-18-16(11-15)10-13(2)20-18/h8-9,11-14,17,20-21H,4-7,10H2,1-3H3. The zero-order valence-electron chi connectivity index (χ0n) is 14.0. The minimum atomic E-state index is -0.101. The molecule has 120 valence electrons. The normalized spacial score (nSPS) is 28.8. The quantitative estimate of drug-likeness (QED) is 0.831. The van der Waals surface area contributed by atoms with Gasteiger partial charge in [0.15, 0.2) is 5.78 Å². The Kier molecular flexibility index (Phi) is 4.53. The van der Waals surface area contributed by atoms with Gasteiger partial charge in [-0.15, -0.1) is 0 Å². The highest BCUT2D eigenvalue weighted by molar-refractivity contribution is 6.00. The summed E-state index contributed by atoms with van der Waals surface area (Å²) in [5, 5.41) is 7.02. The number of nitrogens with one attached hydrogen (secondary N) is 2. The maximum absolute atomic E-state index is 12.7. The number of carbonyl (C=O) groups is 1. The molecule has 1 aliphatic carbocycles. The third-order valence-electron chi connectivity index (χ3n) is 5.29. The first-order chi connectivity index (χ1) is 10.5. The Bertz CT molecular complexity index is 554. The molecule has 0 aromatic heterocycles. The fourth-order valence-corrected chi connectivity index (χ4v) is 3.91. The first-order valence-electron chi connectivity index (χ1n) is 8.74. The van der Waals surface area contributed by atoms with Gasteiger partial charge < -0.3 is 10.6 Å². The molecule has 4 unspecified atom stereocenters. The van der Waals surface area contributed by atoms with Crippen molar-refractivity contribution in [3.05, 3.63) is 29.3 Å². The highest BCUT2D eigenvalue weighted by Crippen LogP contribution is 2.28. The molecule has 22 heavy (non-hydrogen) atoms. The summed E-state index contributed by atoms with van der Waals surface area (Å²) < 4.78 is 0. The van der Waals surface area contributed by atoms with Gasteiger partial charge in [-0.3, -0.25) is 4.79 Å². The second kappa shape index (κ2) is 6.41. The van der Waals surface area contributed by atoms with E-state index in [9.17, 15) is 4.79 Å². The summed E-state index contributed by atoms with van der Waals surface area (Å²) in [5.74, 6) is 0.897. The Morgan fingerprint density at radius 2 is 2.05 bits per heavy atom. The molecule has 3 nitrogen and oxygen atoms in total. The van der Waals surface area contributed by atoms with Gasteiger partial charge in [0.2, 0.25) is 0 Å². The van der Waals surface area contributed by atoms with Crippen molar-refractivity contribution < 1.29 is 4.79 Å². The van der Waals surface area contributed by atoms with E-state index < -0.39 is 0 Å². The first kappa shape index (κ1) is 15.5. The zero-order valence-corrected chi connectivity index (χ0v) is 14.0. The van der Waals surface area contributed by atoms with Crippen molar-refractivity contribution in [1.29, 1.82) is 0 Å². The molecule has 1 heterocycles. The van der Waals surface area contributed by atoms with Crippen LogP contribution < -0.4 is 10.6 Å². The summed E-state index contributed by atoms with van der Waals surface area (Å²) in [6.07, 6.45) is 6.10. The number of rotatable bonds is 4. The number of hydrogen-bond donors (Lipinski definition) is 2. The van der Waals surface area contributed by atoms with Gasteiger partial charge in [0, 0.05) is 23.3 Å². The van der Waals surface area contributed by atoms with E-state index >= 15 is 0 Å². The van der Waals surface area contributed by atoms with Crippen LogP contribution in [-0.4, -0.2) is 23.9 Å². The molecule has 1 saturated carbocycles. The average Bonchev–Trinajstić information content (AvgIpc) is 2.87. The highest BCUT2D eigenvalue weighted by Gasteiger charge is 2.26. The lowest BCUT2D eigenvalue weighted by Crippen LogP contribution is -2.45. The number of benzene rings is 1. The van der Waals surface area contributed by atoms with Crippen molar-refractivity contribution in [2.24, 2.45) is 5.92 Å². The van der Waals surface area contributed by atoms with Crippen molar-refractivity contribution in [3.8, 4) is 0 Å². The van der Waals surface area contributed by atoms with Crippen molar-refractivity contribution in [2.75, 3.05) is 5.32 Å². The maximum Gasteiger partial charge on any atom is 0.179 e. The summed E-state index contributed by atoms with van der Waals surface area (Å²) in [4.78, 5) is 12.7. The van der Waals surface area contributed by atoms with Gasteiger partial charge in [-0.1, -0.05) is 19.8 Å². The van der Waals surface area contributed by atoms with E-state index in [1.807, 2.05) is 13.0 Å². The summed E-state index contributed by atoms with van der Waals surface area (Å²) in [5.41, 5.74) is 3.31. The van der Waals surface area contributed by atoms with Crippen LogP contribution in [0.2, 0.25) is 0 Å². The molecular weight excluding hydrogens is 272 g/mol. The molecule has 2 aliphatic rings. The first-order valence-corrected chi connectivity index (χ1v) is 8.74. The van der Waals surface area contributed by atoms with Gasteiger partial charge in [-0.05, 0) is 62.8 Å². The number of fused-ring (bicyclic) bond motifs is 1. The predicted molar refractivity (Wildman–Crippen MR) is 91.6 cm³/mol. The second-order valence-electron chi connectivity index (χ2n) is 7.24. The van der Waals surface area contributed by atoms with Gasteiger partial charge in [0.25, 0.3) is 0 Å². The third-order valence-corrected chi connectivity index (χ3v) is 5.29. The van der Waals surface area contributed by atoms with Gasteiger partial charge in [-0.2, -0.15) is 0 Å². The Balaban J connectivity index is 1.67. The van der Waals surface area contributed by atoms with Gasteiger partial charge >= 0.3 is 0 Å². The van der Waals surface area contributed by atoms with E-state index in [0.717, 1.165) is 12.0 Å². The topological polar surface area (TPSA) is 41.1 Å².